The number of imidazole rings is 1. The van der Waals surface area contributed by atoms with Crippen LogP contribution < -0.4 is 14.8 Å². The van der Waals surface area contributed by atoms with Crippen molar-refractivity contribution in [1.82, 2.24) is 24.8 Å². The summed E-state index contributed by atoms with van der Waals surface area (Å²) in [6.07, 6.45) is 1.80. The van der Waals surface area contributed by atoms with Crippen LogP contribution in [0.3, 0.4) is 0 Å². The lowest BCUT2D eigenvalue weighted by Crippen LogP contribution is -2.39. The molecule has 3 aromatic rings. The van der Waals surface area contributed by atoms with Crippen molar-refractivity contribution < 1.29 is 19.1 Å². The van der Waals surface area contributed by atoms with Crippen molar-refractivity contribution >= 4 is 11.8 Å². The zero-order valence-electron chi connectivity index (χ0n) is 17.4. The largest absolute Gasteiger partial charge is 0.481 e. The molecule has 0 unspecified atom stereocenters. The fraction of sp³-hybridized carbons (Fsp3) is 0.273. The molecular formula is C22H23N5O4. The molecule has 1 N–H and O–H groups in total. The second-order valence-corrected chi connectivity index (χ2v) is 7.05. The van der Waals surface area contributed by atoms with Crippen LogP contribution in [0, 0.1) is 0 Å². The number of methoxy groups -OCH3 is 2. The highest BCUT2D eigenvalue weighted by molar-refractivity contribution is 5.96. The monoisotopic (exact) mass is 421 g/mol. The number of ether oxygens (including phenoxy) is 2. The third-order valence-electron chi connectivity index (χ3n) is 5.04. The van der Waals surface area contributed by atoms with Crippen LogP contribution in [0.15, 0.2) is 48.7 Å². The molecule has 4 rings (SSSR count). The van der Waals surface area contributed by atoms with E-state index in [1.54, 1.807) is 23.2 Å². The number of amides is 2. The first-order valence-electron chi connectivity index (χ1n) is 9.85. The number of rotatable bonds is 7. The Morgan fingerprint density at radius 2 is 1.87 bits per heavy atom. The standard InChI is InChI=1S/C22H23N5O4/c1-30-18-9-8-17(21(25-18)31-2)20(28)23-12-16-14-26-10-11-27(22(29)19(26)24-16)13-15-6-4-3-5-7-15/h3-9,14H,10-13H2,1-2H3,(H,23,28). The minimum Gasteiger partial charge on any atom is -0.481 e. The van der Waals surface area contributed by atoms with Gasteiger partial charge in [-0.2, -0.15) is 4.98 Å². The van der Waals surface area contributed by atoms with E-state index < -0.39 is 0 Å². The van der Waals surface area contributed by atoms with E-state index in [9.17, 15) is 9.59 Å². The first-order chi connectivity index (χ1) is 15.1. The van der Waals surface area contributed by atoms with Crippen LogP contribution in [-0.2, 0) is 19.6 Å². The van der Waals surface area contributed by atoms with Crippen molar-refractivity contribution in [2.24, 2.45) is 0 Å². The lowest BCUT2D eigenvalue weighted by atomic mass is 10.2. The molecule has 3 heterocycles. The summed E-state index contributed by atoms with van der Waals surface area (Å²) in [6, 6.07) is 13.0. The SMILES string of the molecule is COc1ccc(C(=O)NCc2cn3c(n2)C(=O)N(Cc2ccccc2)CC3)c(OC)n1. The molecule has 0 atom stereocenters. The molecule has 1 aliphatic heterocycles. The van der Waals surface area contributed by atoms with Gasteiger partial charge in [0.15, 0.2) is 5.82 Å². The number of hydrogen-bond donors (Lipinski definition) is 1. The summed E-state index contributed by atoms with van der Waals surface area (Å²) in [6.45, 7) is 1.99. The van der Waals surface area contributed by atoms with Crippen LogP contribution in [0.2, 0.25) is 0 Å². The number of hydrogen-bond acceptors (Lipinski definition) is 6. The molecule has 2 aromatic heterocycles. The van der Waals surface area contributed by atoms with Gasteiger partial charge in [0, 0.05) is 31.9 Å². The fourth-order valence-corrected chi connectivity index (χ4v) is 3.45. The van der Waals surface area contributed by atoms with Crippen molar-refractivity contribution in [3.63, 3.8) is 0 Å². The molecule has 0 aliphatic carbocycles. The Morgan fingerprint density at radius 3 is 2.61 bits per heavy atom. The van der Waals surface area contributed by atoms with Crippen LogP contribution in [0.1, 0.15) is 32.2 Å². The topological polar surface area (TPSA) is 98.6 Å². The molecule has 1 aromatic carbocycles. The zero-order valence-corrected chi connectivity index (χ0v) is 17.4. The highest BCUT2D eigenvalue weighted by Crippen LogP contribution is 2.20. The van der Waals surface area contributed by atoms with Gasteiger partial charge in [-0.05, 0) is 11.6 Å². The van der Waals surface area contributed by atoms with E-state index >= 15 is 0 Å². The highest BCUT2D eigenvalue weighted by Gasteiger charge is 2.27. The number of carbonyl (C=O) groups is 2. The van der Waals surface area contributed by atoms with Crippen molar-refractivity contribution in [1.29, 1.82) is 0 Å². The first kappa shape index (κ1) is 20.4. The molecular weight excluding hydrogens is 398 g/mol. The van der Waals surface area contributed by atoms with E-state index in [1.165, 1.54) is 14.2 Å². The molecule has 2 amide bonds. The smallest absolute Gasteiger partial charge is 0.290 e. The number of nitrogens with one attached hydrogen (secondary N) is 1. The maximum Gasteiger partial charge on any atom is 0.290 e. The Bertz CT molecular complexity index is 1100. The van der Waals surface area contributed by atoms with E-state index in [-0.39, 0.29) is 29.8 Å². The maximum absolute atomic E-state index is 12.9. The van der Waals surface area contributed by atoms with E-state index in [4.69, 9.17) is 9.47 Å². The minimum absolute atomic E-state index is 0.117. The van der Waals surface area contributed by atoms with Gasteiger partial charge in [0.1, 0.15) is 5.56 Å². The summed E-state index contributed by atoms with van der Waals surface area (Å²) in [5, 5.41) is 2.80. The molecule has 31 heavy (non-hydrogen) atoms. The van der Waals surface area contributed by atoms with Crippen LogP contribution in [-0.4, -0.2) is 52.0 Å². The molecule has 0 radical (unpaired) electrons. The number of pyridine rings is 1. The predicted molar refractivity (Wildman–Crippen MR) is 112 cm³/mol. The zero-order chi connectivity index (χ0) is 21.8. The molecule has 9 heteroatoms. The van der Waals surface area contributed by atoms with Gasteiger partial charge in [0.05, 0.1) is 26.5 Å². The van der Waals surface area contributed by atoms with Gasteiger partial charge in [-0.25, -0.2) is 4.98 Å². The summed E-state index contributed by atoms with van der Waals surface area (Å²) in [5.74, 6) is 0.445. The second kappa shape index (κ2) is 8.86. The fourth-order valence-electron chi connectivity index (χ4n) is 3.45. The Kier molecular flexibility index (Phi) is 5.83. The Morgan fingerprint density at radius 1 is 1.06 bits per heavy atom. The third-order valence-corrected chi connectivity index (χ3v) is 5.04. The van der Waals surface area contributed by atoms with E-state index in [0.29, 0.717) is 37.0 Å². The van der Waals surface area contributed by atoms with Gasteiger partial charge in [0.25, 0.3) is 11.8 Å². The Balaban J connectivity index is 1.42. The first-order valence-corrected chi connectivity index (χ1v) is 9.85. The number of benzene rings is 1. The summed E-state index contributed by atoms with van der Waals surface area (Å²) >= 11 is 0. The average molecular weight is 421 g/mol. The van der Waals surface area contributed by atoms with E-state index in [0.717, 1.165) is 5.56 Å². The van der Waals surface area contributed by atoms with Gasteiger partial charge in [-0.1, -0.05) is 30.3 Å². The van der Waals surface area contributed by atoms with E-state index in [2.05, 4.69) is 15.3 Å². The molecule has 0 saturated heterocycles. The molecule has 160 valence electrons. The summed E-state index contributed by atoms with van der Waals surface area (Å²) in [4.78, 5) is 35.8. The average Bonchev–Trinajstić information content (AvgIpc) is 3.23. The van der Waals surface area contributed by atoms with Crippen LogP contribution in [0.4, 0.5) is 0 Å². The highest BCUT2D eigenvalue weighted by atomic mass is 16.5. The molecule has 0 spiro atoms. The maximum atomic E-state index is 12.9. The lowest BCUT2D eigenvalue weighted by molar-refractivity contribution is 0.0683. The number of nitrogens with zero attached hydrogens (tertiary/aromatic N) is 4. The van der Waals surface area contributed by atoms with Crippen molar-refractivity contribution in [3.8, 4) is 11.8 Å². The number of fused-ring (bicyclic) bond motifs is 1. The third kappa shape index (κ3) is 4.35. The van der Waals surface area contributed by atoms with Crippen molar-refractivity contribution in [2.45, 2.75) is 19.6 Å². The summed E-state index contributed by atoms with van der Waals surface area (Å²) in [5.41, 5.74) is 1.97. The van der Waals surface area contributed by atoms with Crippen LogP contribution in [0.25, 0.3) is 0 Å². The second-order valence-electron chi connectivity index (χ2n) is 7.05. The van der Waals surface area contributed by atoms with Crippen molar-refractivity contribution in [2.75, 3.05) is 20.8 Å². The predicted octanol–water partition coefficient (Wildman–Crippen LogP) is 1.88. The van der Waals surface area contributed by atoms with E-state index in [1.807, 2.05) is 34.9 Å². The Labute approximate surface area is 179 Å². The minimum atomic E-state index is -0.352. The van der Waals surface area contributed by atoms with Gasteiger partial charge in [-0.15, -0.1) is 0 Å². The molecule has 1 aliphatic rings. The van der Waals surface area contributed by atoms with Crippen LogP contribution >= 0.6 is 0 Å². The number of aromatic nitrogens is 3. The lowest BCUT2D eigenvalue weighted by Gasteiger charge is -2.27. The van der Waals surface area contributed by atoms with Gasteiger partial charge >= 0.3 is 0 Å². The quantitative estimate of drug-likeness (QED) is 0.626. The molecule has 0 saturated carbocycles. The van der Waals surface area contributed by atoms with Crippen molar-refractivity contribution in [3.05, 3.63) is 71.3 Å². The Hall–Kier alpha value is -3.88. The molecule has 0 fully saturated rings. The summed E-state index contributed by atoms with van der Waals surface area (Å²) < 4.78 is 12.1. The van der Waals surface area contributed by atoms with Gasteiger partial charge in [0.2, 0.25) is 11.8 Å². The number of carbonyl (C=O) groups excluding carboxylic acids is 2. The van der Waals surface area contributed by atoms with Gasteiger partial charge in [-0.3, -0.25) is 9.59 Å². The molecule has 9 nitrogen and oxygen atoms in total. The normalized spacial score (nSPS) is 13.0. The molecule has 0 bridgehead atoms. The van der Waals surface area contributed by atoms with Gasteiger partial charge < -0.3 is 24.3 Å². The summed E-state index contributed by atoms with van der Waals surface area (Å²) in [7, 11) is 2.93. The van der Waals surface area contributed by atoms with Crippen LogP contribution in [0.5, 0.6) is 11.8 Å².